The number of fused-ring (bicyclic) bond motifs is 1. The Morgan fingerprint density at radius 2 is 1.70 bits per heavy atom. The summed E-state index contributed by atoms with van der Waals surface area (Å²) in [6, 6.07) is 4.25. The molecule has 3 atom stereocenters. The van der Waals surface area contributed by atoms with Crippen molar-refractivity contribution in [1.29, 1.82) is 0 Å². The van der Waals surface area contributed by atoms with E-state index in [9.17, 15) is 26.3 Å². The number of nitrogens with one attached hydrogen (secondary N) is 1. The second-order valence-electron chi connectivity index (χ2n) is 8.11. The van der Waals surface area contributed by atoms with E-state index in [0.717, 1.165) is 57.4 Å². The lowest BCUT2D eigenvalue weighted by Crippen LogP contribution is -2.58. The fourth-order valence-corrected chi connectivity index (χ4v) is 3.61. The van der Waals surface area contributed by atoms with Gasteiger partial charge in [-0.05, 0) is 44.7 Å². The number of carboxylic acid groups (broad SMARTS) is 2. The standard InChI is InChI=1S/C17H28N4O2.2C2HF3O2/c1-3-22-10-8-21-11-14-5-4-9-23-17(14)15(12-21)18-16-7-6-13(2)19-20-16;2*3-2(4,5)1(6)7/h6-7,14-15,17H,3-5,8-12H2,1-2H3,(H,18,20);2*(H,6,7)/t14-,15+,17-;;/m0../s1. The zero-order chi connectivity index (χ0) is 28.2. The summed E-state index contributed by atoms with van der Waals surface area (Å²) in [5, 5.41) is 26.2. The number of carbonyl (C=O) groups is 2. The van der Waals surface area contributed by atoms with Crippen molar-refractivity contribution in [2.75, 3.05) is 44.8 Å². The number of nitrogens with zero attached hydrogens (tertiary/aromatic N) is 3. The van der Waals surface area contributed by atoms with Crippen molar-refractivity contribution in [3.63, 3.8) is 0 Å². The summed E-state index contributed by atoms with van der Waals surface area (Å²) in [4.78, 5) is 20.3. The molecular weight excluding hydrogens is 518 g/mol. The van der Waals surface area contributed by atoms with Crippen LogP contribution >= 0.6 is 0 Å². The first kappa shape index (κ1) is 32.3. The first-order chi connectivity index (χ1) is 17.1. The average Bonchev–Trinajstić information content (AvgIpc) is 2.80. The number of halogens is 6. The quantitative estimate of drug-likeness (QED) is 0.360. The molecule has 3 N–H and O–H groups in total. The van der Waals surface area contributed by atoms with E-state index in [1.54, 1.807) is 0 Å². The van der Waals surface area contributed by atoms with Crippen LogP contribution in [0.4, 0.5) is 32.2 Å². The smallest absolute Gasteiger partial charge is 0.475 e. The molecule has 0 saturated carbocycles. The highest BCUT2D eigenvalue weighted by atomic mass is 19.4. The third-order valence-electron chi connectivity index (χ3n) is 5.21. The Balaban J connectivity index is 0.000000404. The number of ether oxygens (including phenoxy) is 2. The molecule has 0 bridgehead atoms. The van der Waals surface area contributed by atoms with E-state index in [1.807, 2.05) is 26.0 Å². The molecule has 3 rings (SSSR count). The van der Waals surface area contributed by atoms with E-state index in [0.29, 0.717) is 5.92 Å². The van der Waals surface area contributed by atoms with Gasteiger partial charge in [-0.2, -0.15) is 31.4 Å². The van der Waals surface area contributed by atoms with Gasteiger partial charge in [0.05, 0.1) is 24.4 Å². The van der Waals surface area contributed by atoms with Crippen LogP contribution in [0.25, 0.3) is 0 Å². The molecule has 212 valence electrons. The minimum atomic E-state index is -5.08. The molecule has 2 fully saturated rings. The Morgan fingerprint density at radius 3 is 2.19 bits per heavy atom. The first-order valence-electron chi connectivity index (χ1n) is 11.2. The van der Waals surface area contributed by atoms with Crippen LogP contribution in [0, 0.1) is 12.8 Å². The predicted octanol–water partition coefficient (Wildman–Crippen LogP) is 2.98. The minimum absolute atomic E-state index is 0.257. The van der Waals surface area contributed by atoms with Gasteiger partial charge in [-0.1, -0.05) is 0 Å². The van der Waals surface area contributed by atoms with E-state index in [1.165, 1.54) is 6.42 Å². The average molecular weight is 548 g/mol. The van der Waals surface area contributed by atoms with Crippen LogP contribution in [0.3, 0.4) is 0 Å². The van der Waals surface area contributed by atoms with Gasteiger partial charge in [0.25, 0.3) is 0 Å². The monoisotopic (exact) mass is 548 g/mol. The molecule has 37 heavy (non-hydrogen) atoms. The summed E-state index contributed by atoms with van der Waals surface area (Å²) in [5.74, 6) is -4.09. The molecule has 0 radical (unpaired) electrons. The minimum Gasteiger partial charge on any atom is -0.475 e. The molecule has 2 saturated heterocycles. The molecule has 2 aliphatic heterocycles. The van der Waals surface area contributed by atoms with Crippen LogP contribution in [0.5, 0.6) is 0 Å². The molecule has 0 amide bonds. The molecule has 10 nitrogen and oxygen atoms in total. The Hall–Kier alpha value is -2.72. The number of rotatable bonds is 6. The van der Waals surface area contributed by atoms with E-state index in [-0.39, 0.29) is 12.1 Å². The fourth-order valence-electron chi connectivity index (χ4n) is 3.61. The van der Waals surface area contributed by atoms with Crippen molar-refractivity contribution in [1.82, 2.24) is 15.1 Å². The molecule has 3 heterocycles. The number of aryl methyl sites for hydroxylation is 1. The summed E-state index contributed by atoms with van der Waals surface area (Å²) in [6.45, 7) is 9.50. The molecule has 2 aliphatic rings. The molecule has 0 aromatic carbocycles. The summed E-state index contributed by atoms with van der Waals surface area (Å²) in [7, 11) is 0. The third-order valence-corrected chi connectivity index (χ3v) is 5.21. The van der Waals surface area contributed by atoms with Gasteiger partial charge in [0.1, 0.15) is 5.82 Å². The number of hydrogen-bond acceptors (Lipinski definition) is 8. The molecule has 0 aliphatic carbocycles. The van der Waals surface area contributed by atoms with Gasteiger partial charge in [-0.15, -0.1) is 5.10 Å². The number of hydrogen-bond donors (Lipinski definition) is 3. The van der Waals surface area contributed by atoms with Crippen molar-refractivity contribution in [2.45, 2.75) is 51.2 Å². The van der Waals surface area contributed by atoms with Crippen LogP contribution < -0.4 is 5.32 Å². The van der Waals surface area contributed by atoms with E-state index >= 15 is 0 Å². The van der Waals surface area contributed by atoms with E-state index in [4.69, 9.17) is 29.3 Å². The number of aliphatic carboxylic acids is 2. The lowest BCUT2D eigenvalue weighted by atomic mass is 9.85. The summed E-state index contributed by atoms with van der Waals surface area (Å²) in [5.41, 5.74) is 0.935. The highest BCUT2D eigenvalue weighted by Gasteiger charge is 2.40. The first-order valence-corrected chi connectivity index (χ1v) is 11.2. The number of alkyl halides is 6. The summed E-state index contributed by atoms with van der Waals surface area (Å²) in [6.07, 6.45) is -7.49. The second-order valence-corrected chi connectivity index (χ2v) is 8.11. The zero-order valence-electron chi connectivity index (χ0n) is 20.2. The predicted molar refractivity (Wildman–Crippen MR) is 117 cm³/mol. The van der Waals surface area contributed by atoms with Crippen LogP contribution in [-0.4, -0.2) is 101 Å². The Morgan fingerprint density at radius 1 is 1.11 bits per heavy atom. The van der Waals surface area contributed by atoms with Crippen LogP contribution in [0.15, 0.2) is 12.1 Å². The van der Waals surface area contributed by atoms with Crippen LogP contribution in [0.2, 0.25) is 0 Å². The highest BCUT2D eigenvalue weighted by molar-refractivity contribution is 5.73. The van der Waals surface area contributed by atoms with E-state index < -0.39 is 24.3 Å². The lowest BCUT2D eigenvalue weighted by Gasteiger charge is -2.46. The molecule has 16 heteroatoms. The van der Waals surface area contributed by atoms with Crippen molar-refractivity contribution in [3.05, 3.63) is 17.8 Å². The molecular formula is C21H30F6N4O6. The van der Waals surface area contributed by atoms with Gasteiger partial charge in [0.15, 0.2) is 0 Å². The number of aromatic nitrogens is 2. The van der Waals surface area contributed by atoms with E-state index in [2.05, 4.69) is 20.4 Å². The van der Waals surface area contributed by atoms with Crippen LogP contribution in [-0.2, 0) is 19.1 Å². The number of anilines is 1. The lowest BCUT2D eigenvalue weighted by molar-refractivity contribution is -0.193. The SMILES string of the molecule is CCOCCN1C[C@@H]2CCCO[C@@H]2[C@H](Nc2ccc(C)nn2)C1.O=C(O)C(F)(F)F.O=C(O)C(F)(F)F. The third kappa shape index (κ3) is 12.4. The highest BCUT2D eigenvalue weighted by Crippen LogP contribution is 2.30. The van der Waals surface area contributed by atoms with Gasteiger partial charge in [0, 0.05) is 32.8 Å². The summed E-state index contributed by atoms with van der Waals surface area (Å²) < 4.78 is 75.1. The maximum atomic E-state index is 10.6. The van der Waals surface area contributed by atoms with Gasteiger partial charge >= 0.3 is 24.3 Å². The Labute approximate surface area is 208 Å². The van der Waals surface area contributed by atoms with Crippen molar-refractivity contribution < 1.29 is 55.6 Å². The molecule has 0 spiro atoms. The topological polar surface area (TPSA) is 134 Å². The van der Waals surface area contributed by atoms with Gasteiger partial charge in [-0.25, -0.2) is 9.59 Å². The van der Waals surface area contributed by atoms with Crippen molar-refractivity contribution >= 4 is 17.8 Å². The van der Waals surface area contributed by atoms with Crippen molar-refractivity contribution in [3.8, 4) is 0 Å². The largest absolute Gasteiger partial charge is 0.490 e. The normalized spacial score (nSPS) is 21.9. The molecule has 1 aromatic heterocycles. The van der Waals surface area contributed by atoms with Crippen molar-refractivity contribution in [2.24, 2.45) is 5.92 Å². The fraction of sp³-hybridized carbons (Fsp3) is 0.714. The molecule has 0 unspecified atom stereocenters. The van der Waals surface area contributed by atoms with Gasteiger partial charge < -0.3 is 25.0 Å². The Kier molecular flexibility index (Phi) is 13.0. The summed E-state index contributed by atoms with van der Waals surface area (Å²) >= 11 is 0. The van der Waals surface area contributed by atoms with Crippen LogP contribution in [0.1, 0.15) is 25.5 Å². The maximum Gasteiger partial charge on any atom is 0.490 e. The number of carboxylic acids is 2. The van der Waals surface area contributed by atoms with Gasteiger partial charge in [0.2, 0.25) is 0 Å². The second kappa shape index (κ2) is 14.9. The molecule has 1 aromatic rings. The zero-order valence-corrected chi connectivity index (χ0v) is 20.2. The maximum absolute atomic E-state index is 10.6. The van der Waals surface area contributed by atoms with Gasteiger partial charge in [-0.3, -0.25) is 4.90 Å². The number of likely N-dealkylation sites (tertiary alicyclic amines) is 1. The number of piperidine rings is 1. The Bertz CT molecular complexity index is 816.